The van der Waals surface area contributed by atoms with Gasteiger partial charge in [0.2, 0.25) is 5.96 Å². The van der Waals surface area contributed by atoms with E-state index in [1.54, 1.807) is 24.0 Å². The van der Waals surface area contributed by atoms with Crippen LogP contribution in [0, 0.1) is 11.3 Å². The van der Waals surface area contributed by atoms with Crippen molar-refractivity contribution in [2.75, 3.05) is 11.9 Å². The predicted molar refractivity (Wildman–Crippen MR) is 117 cm³/mol. The minimum Gasteiger partial charge on any atom is -0.383 e. The highest BCUT2D eigenvalue weighted by Crippen LogP contribution is 2.28. The quantitative estimate of drug-likeness (QED) is 0.615. The summed E-state index contributed by atoms with van der Waals surface area (Å²) in [7, 11) is 1.79. The summed E-state index contributed by atoms with van der Waals surface area (Å²) < 4.78 is 1.63. The molecule has 0 amide bonds. The van der Waals surface area contributed by atoms with Crippen LogP contribution in [-0.4, -0.2) is 28.0 Å². The number of hydrogen-bond donors (Lipinski definition) is 2. The molecular weight excluding hydrogens is 350 g/mol. The van der Waals surface area contributed by atoms with Gasteiger partial charge in [0.05, 0.1) is 23.2 Å². The zero-order valence-corrected chi connectivity index (χ0v) is 17.7. The molecule has 2 heterocycles. The first kappa shape index (κ1) is 22.9. The maximum absolute atomic E-state index is 9.38. The molecule has 0 radical (unpaired) electrons. The summed E-state index contributed by atoms with van der Waals surface area (Å²) in [5.41, 5.74) is 10.4. The summed E-state index contributed by atoms with van der Waals surface area (Å²) in [6.07, 6.45) is 3.26. The number of rotatable bonds is 3. The van der Waals surface area contributed by atoms with Gasteiger partial charge in [-0.1, -0.05) is 34.6 Å². The lowest BCUT2D eigenvalue weighted by Crippen LogP contribution is -2.13. The van der Waals surface area contributed by atoms with Crippen molar-refractivity contribution in [3.8, 4) is 6.07 Å². The number of aliphatic imine (C=N–C) groups is 2. The van der Waals surface area contributed by atoms with Crippen molar-refractivity contribution < 1.29 is 0 Å². The predicted octanol–water partition coefficient (Wildman–Crippen LogP) is 4.16. The van der Waals surface area contributed by atoms with E-state index in [0.29, 0.717) is 17.8 Å². The second kappa shape index (κ2) is 11.5. The second-order valence-electron chi connectivity index (χ2n) is 5.54. The van der Waals surface area contributed by atoms with Gasteiger partial charge in [-0.3, -0.25) is 4.68 Å². The van der Waals surface area contributed by atoms with E-state index >= 15 is 0 Å². The highest BCUT2D eigenvalue weighted by Gasteiger charge is 2.17. The van der Waals surface area contributed by atoms with Crippen LogP contribution in [0.3, 0.4) is 0 Å². The molecule has 0 bridgehead atoms. The summed E-state index contributed by atoms with van der Waals surface area (Å²) in [5.74, 6) is 0.815. The van der Waals surface area contributed by atoms with E-state index in [4.69, 9.17) is 5.73 Å². The Morgan fingerprint density at radius 2 is 2.04 bits per heavy atom. The number of benzene rings is 1. The lowest BCUT2D eigenvalue weighted by molar-refractivity contribution is 0.770. The van der Waals surface area contributed by atoms with Gasteiger partial charge in [0, 0.05) is 19.7 Å². The fraction of sp³-hybridized carbons (Fsp3) is 0.429. The van der Waals surface area contributed by atoms with Crippen LogP contribution in [0.1, 0.15) is 57.7 Å². The van der Waals surface area contributed by atoms with E-state index in [0.717, 1.165) is 35.5 Å². The normalized spacial score (nSPS) is 12.6. The largest absolute Gasteiger partial charge is 0.383 e. The molecule has 7 heteroatoms. The number of guanidine groups is 1. The van der Waals surface area contributed by atoms with Crippen LogP contribution in [0.2, 0.25) is 0 Å². The molecule has 0 unspecified atom stereocenters. The van der Waals surface area contributed by atoms with Crippen molar-refractivity contribution >= 4 is 23.2 Å². The Kier molecular flexibility index (Phi) is 9.44. The number of nitriles is 1. The molecule has 0 fully saturated rings. The number of fused-ring (bicyclic) bond motifs is 1. The molecule has 0 saturated heterocycles. The number of nitrogens with one attached hydrogen (secondary N) is 1. The van der Waals surface area contributed by atoms with E-state index < -0.39 is 0 Å². The third-order valence-electron chi connectivity index (χ3n) is 3.98. The summed E-state index contributed by atoms with van der Waals surface area (Å²) in [5, 5.41) is 16.7. The zero-order chi connectivity index (χ0) is 21.1. The summed E-state index contributed by atoms with van der Waals surface area (Å²) in [6.45, 7) is 10.9. The van der Waals surface area contributed by atoms with Gasteiger partial charge in [0.15, 0.2) is 5.82 Å². The van der Waals surface area contributed by atoms with Gasteiger partial charge in [0.1, 0.15) is 6.07 Å². The number of aromatic nitrogens is 2. The van der Waals surface area contributed by atoms with Gasteiger partial charge in [-0.25, -0.2) is 4.99 Å². The maximum Gasteiger partial charge on any atom is 0.222 e. The SMILES string of the molecule is CC.CC.CC/C(=N\C(N)=N/c1ccnn1C)c1cc(C#N)c2c(c1)CCN2. The molecule has 1 aromatic carbocycles. The van der Waals surface area contributed by atoms with E-state index in [2.05, 4.69) is 32.5 Å². The standard InChI is InChI=1S/C17H19N7.2C2H6/c1-3-14(22-17(19)23-15-5-7-21-24(15)2)12-8-11-4-6-20-16(11)13(9-12)10-18;2*1-2/h5,7-9,20H,3-4,6H2,1-2H3,(H2,19,23);2*1-2H3/b22-14+;;. The Hall–Kier alpha value is -3.14. The van der Waals surface area contributed by atoms with Crippen LogP contribution in [0.15, 0.2) is 34.4 Å². The number of hydrogen-bond acceptors (Lipinski definition) is 4. The van der Waals surface area contributed by atoms with Crippen molar-refractivity contribution in [3.05, 3.63) is 41.1 Å². The summed E-state index contributed by atoms with van der Waals surface area (Å²) in [4.78, 5) is 8.73. The van der Waals surface area contributed by atoms with Gasteiger partial charge in [-0.15, -0.1) is 0 Å². The highest BCUT2D eigenvalue weighted by atomic mass is 15.3. The molecule has 28 heavy (non-hydrogen) atoms. The molecule has 1 aliphatic heterocycles. The van der Waals surface area contributed by atoms with Crippen LogP contribution in [0.25, 0.3) is 0 Å². The van der Waals surface area contributed by atoms with Crippen molar-refractivity contribution in [3.63, 3.8) is 0 Å². The van der Waals surface area contributed by atoms with Crippen molar-refractivity contribution in [2.24, 2.45) is 22.8 Å². The minimum absolute atomic E-state index is 0.174. The monoisotopic (exact) mass is 381 g/mol. The molecule has 0 saturated carbocycles. The fourth-order valence-electron chi connectivity index (χ4n) is 2.79. The molecule has 3 rings (SSSR count). The first-order valence-electron chi connectivity index (χ1n) is 9.83. The minimum atomic E-state index is 0.174. The molecule has 1 aliphatic rings. The number of nitrogens with two attached hydrogens (primary N) is 1. The zero-order valence-electron chi connectivity index (χ0n) is 17.7. The molecule has 3 N–H and O–H groups in total. The van der Waals surface area contributed by atoms with Crippen LogP contribution in [0.5, 0.6) is 0 Å². The van der Waals surface area contributed by atoms with Gasteiger partial charge < -0.3 is 11.1 Å². The fourth-order valence-corrected chi connectivity index (χ4v) is 2.79. The van der Waals surface area contributed by atoms with Crippen LogP contribution < -0.4 is 11.1 Å². The van der Waals surface area contributed by atoms with Crippen LogP contribution in [-0.2, 0) is 13.5 Å². The first-order chi connectivity index (χ1) is 13.6. The Bertz CT molecular complexity index is 869. The lowest BCUT2D eigenvalue weighted by atomic mass is 9.99. The third-order valence-corrected chi connectivity index (χ3v) is 3.98. The molecule has 0 aliphatic carbocycles. The Labute approximate surface area is 168 Å². The molecule has 0 spiro atoms. The van der Waals surface area contributed by atoms with Gasteiger partial charge in [-0.2, -0.15) is 15.4 Å². The average molecular weight is 382 g/mol. The third kappa shape index (κ3) is 5.43. The smallest absolute Gasteiger partial charge is 0.222 e. The summed E-state index contributed by atoms with van der Waals surface area (Å²) in [6, 6.07) is 7.96. The van der Waals surface area contributed by atoms with E-state index in [1.165, 1.54) is 0 Å². The van der Waals surface area contributed by atoms with Gasteiger partial charge >= 0.3 is 0 Å². The summed E-state index contributed by atoms with van der Waals surface area (Å²) >= 11 is 0. The van der Waals surface area contributed by atoms with E-state index in [1.807, 2.05) is 40.7 Å². The van der Waals surface area contributed by atoms with Crippen molar-refractivity contribution in [1.82, 2.24) is 9.78 Å². The van der Waals surface area contributed by atoms with Crippen molar-refractivity contribution in [1.29, 1.82) is 5.26 Å². The van der Waals surface area contributed by atoms with Crippen LogP contribution >= 0.6 is 0 Å². The van der Waals surface area contributed by atoms with Gasteiger partial charge in [-0.05, 0) is 36.1 Å². The number of nitrogens with zero attached hydrogens (tertiary/aromatic N) is 5. The molecule has 150 valence electrons. The molecule has 2 aromatic rings. The highest BCUT2D eigenvalue weighted by molar-refractivity contribution is 6.07. The van der Waals surface area contributed by atoms with Crippen LogP contribution in [0.4, 0.5) is 11.5 Å². The molecule has 1 aromatic heterocycles. The Morgan fingerprint density at radius 3 is 2.61 bits per heavy atom. The lowest BCUT2D eigenvalue weighted by Gasteiger charge is -2.09. The second-order valence-corrected chi connectivity index (χ2v) is 5.54. The molecule has 7 nitrogen and oxygen atoms in total. The Balaban J connectivity index is 0.000000921. The van der Waals surface area contributed by atoms with E-state index in [-0.39, 0.29) is 5.96 Å². The van der Waals surface area contributed by atoms with Crippen molar-refractivity contribution in [2.45, 2.75) is 47.5 Å². The molecular formula is C21H31N7. The maximum atomic E-state index is 9.38. The molecule has 0 atom stereocenters. The number of aryl methyl sites for hydroxylation is 1. The van der Waals surface area contributed by atoms with Gasteiger partial charge in [0.25, 0.3) is 0 Å². The van der Waals surface area contributed by atoms with E-state index in [9.17, 15) is 5.26 Å². The first-order valence-corrected chi connectivity index (χ1v) is 9.83. The number of anilines is 1. The topological polar surface area (TPSA) is 104 Å². The Morgan fingerprint density at radius 1 is 1.32 bits per heavy atom. The average Bonchev–Trinajstić information content (AvgIpc) is 3.37.